The molecule has 0 aromatic heterocycles. The highest BCUT2D eigenvalue weighted by Crippen LogP contribution is 2.28. The van der Waals surface area contributed by atoms with Crippen LogP contribution in [0, 0.1) is 0 Å². The molecular weight excluding hydrogens is 104 g/mol. The Bertz CT molecular complexity index is 195. The van der Waals surface area contributed by atoms with Gasteiger partial charge in [0.1, 0.15) is 0 Å². The second kappa shape index (κ2) is 1.68. The topological polar surface area (TPSA) is 29.6 Å². The predicted molar refractivity (Wildman–Crippen MR) is 28.6 cm³/mol. The zero-order valence-electron chi connectivity index (χ0n) is 4.18. The molecule has 0 unspecified atom stereocenters. The van der Waals surface area contributed by atoms with Crippen LogP contribution >= 0.6 is 0 Å². The maximum atomic E-state index is 9.69. The number of hydrogen-bond acceptors (Lipinski definition) is 2. The first-order valence-electron chi connectivity index (χ1n) is 2.14. The maximum Gasteiger partial charge on any atom is 0.253 e. The Hall–Kier alpha value is -1.27. The number of carbonyl (C=O) groups excluding carboxylic acids is 1. The second-order valence-electron chi connectivity index (χ2n) is 1.30. The van der Waals surface area contributed by atoms with Crippen molar-refractivity contribution in [2.24, 2.45) is 0 Å². The quantitative estimate of drug-likeness (QED) is 0.367. The van der Waals surface area contributed by atoms with Crippen molar-refractivity contribution in [3.63, 3.8) is 0 Å². The smallest absolute Gasteiger partial charge is 0.253 e. The standard InChI is InChI=1S/C6H4O2/c1-2-3-5-6(4-7)8-5/h2-3H,1H2/b5-3-. The summed E-state index contributed by atoms with van der Waals surface area (Å²) < 4.78 is 4.59. The summed E-state index contributed by atoms with van der Waals surface area (Å²) in [7, 11) is 0. The van der Waals surface area contributed by atoms with Crippen molar-refractivity contribution < 1.29 is 9.53 Å². The lowest BCUT2D eigenvalue weighted by Gasteiger charge is -1.54. The van der Waals surface area contributed by atoms with E-state index in [9.17, 15) is 4.79 Å². The van der Waals surface area contributed by atoms with Gasteiger partial charge in [0.2, 0.25) is 0 Å². The van der Waals surface area contributed by atoms with Crippen LogP contribution < -0.4 is 0 Å². The molecule has 0 spiro atoms. The molecule has 0 amide bonds. The van der Waals surface area contributed by atoms with Crippen LogP contribution in [-0.2, 0) is 9.53 Å². The minimum Gasteiger partial charge on any atom is -0.437 e. The number of ether oxygens (including phenoxy) is 1. The Morgan fingerprint density at radius 2 is 2.50 bits per heavy atom. The molecule has 0 N–H and O–H groups in total. The zero-order valence-corrected chi connectivity index (χ0v) is 4.18. The lowest BCUT2D eigenvalue weighted by Crippen LogP contribution is -1.45. The van der Waals surface area contributed by atoms with Crippen LogP contribution in [0.25, 0.3) is 0 Å². The van der Waals surface area contributed by atoms with E-state index in [1.165, 1.54) is 0 Å². The molecule has 0 aromatic carbocycles. The van der Waals surface area contributed by atoms with E-state index in [4.69, 9.17) is 0 Å². The van der Waals surface area contributed by atoms with Gasteiger partial charge in [-0.2, -0.15) is 0 Å². The lowest BCUT2D eigenvalue weighted by atomic mass is 10.5. The Morgan fingerprint density at radius 3 is 2.88 bits per heavy atom. The van der Waals surface area contributed by atoms with Gasteiger partial charge in [-0.3, -0.25) is 0 Å². The first-order chi connectivity index (χ1) is 3.88. The molecule has 2 heteroatoms. The molecule has 1 aliphatic rings. The van der Waals surface area contributed by atoms with Crippen LogP contribution in [0.15, 0.2) is 30.2 Å². The van der Waals surface area contributed by atoms with Crippen LogP contribution in [0.2, 0.25) is 0 Å². The summed E-state index contributed by atoms with van der Waals surface area (Å²) in [5.74, 6) is 2.48. The van der Waals surface area contributed by atoms with Crippen molar-refractivity contribution in [3.8, 4) is 0 Å². The van der Waals surface area contributed by atoms with E-state index in [0.717, 1.165) is 0 Å². The molecular formula is C6H4O2. The molecule has 1 fully saturated rings. The zero-order chi connectivity index (χ0) is 5.98. The fraction of sp³-hybridized carbons (Fsp3) is 0. The molecule has 0 aliphatic carbocycles. The number of allylic oxidation sites excluding steroid dienone is 2. The molecule has 0 saturated carbocycles. The first kappa shape index (κ1) is 4.88. The van der Waals surface area contributed by atoms with Crippen molar-refractivity contribution in [3.05, 3.63) is 30.2 Å². The van der Waals surface area contributed by atoms with Crippen LogP contribution in [0.3, 0.4) is 0 Å². The molecule has 1 saturated heterocycles. The molecule has 0 radical (unpaired) electrons. The minimum absolute atomic E-state index is 0.296. The molecule has 0 atom stereocenters. The van der Waals surface area contributed by atoms with Crippen LogP contribution in [0.1, 0.15) is 0 Å². The van der Waals surface area contributed by atoms with Gasteiger partial charge in [0.05, 0.1) is 0 Å². The Balaban J connectivity index is 2.73. The molecule has 8 heavy (non-hydrogen) atoms. The lowest BCUT2D eigenvalue weighted by molar-refractivity contribution is 0.537. The first-order valence-corrected chi connectivity index (χ1v) is 2.14. The highest BCUT2D eigenvalue weighted by atomic mass is 16.6. The Kier molecular flexibility index (Phi) is 1.03. The van der Waals surface area contributed by atoms with E-state index in [-0.39, 0.29) is 0 Å². The summed E-state index contributed by atoms with van der Waals surface area (Å²) in [6.07, 6.45) is 3.17. The van der Waals surface area contributed by atoms with Gasteiger partial charge in [-0.25, -0.2) is 4.79 Å². The number of rotatable bonds is 1. The summed E-state index contributed by atoms with van der Waals surface area (Å²) >= 11 is 0. The van der Waals surface area contributed by atoms with E-state index >= 15 is 0 Å². The highest BCUT2D eigenvalue weighted by Gasteiger charge is 2.24. The number of hydrogen-bond donors (Lipinski definition) is 0. The minimum atomic E-state index is 0.296. The third kappa shape index (κ3) is 0.695. The summed E-state index contributed by atoms with van der Waals surface area (Å²) in [5.41, 5.74) is 0. The largest absolute Gasteiger partial charge is 0.437 e. The normalized spacial score (nSPS) is 19.5. The summed E-state index contributed by atoms with van der Waals surface area (Å²) in [5, 5.41) is 0. The fourth-order valence-corrected chi connectivity index (χ4v) is 0.372. The Morgan fingerprint density at radius 1 is 1.75 bits per heavy atom. The summed E-state index contributed by atoms with van der Waals surface area (Å²) in [6, 6.07) is 0. The van der Waals surface area contributed by atoms with Crippen LogP contribution in [0.5, 0.6) is 0 Å². The molecule has 0 bridgehead atoms. The average Bonchev–Trinajstić information content (AvgIpc) is 2.48. The van der Waals surface area contributed by atoms with Gasteiger partial charge in [-0.15, -0.1) is 0 Å². The van der Waals surface area contributed by atoms with Gasteiger partial charge in [0, 0.05) is 0 Å². The molecule has 2 nitrogen and oxygen atoms in total. The molecule has 1 aliphatic heterocycles. The summed E-state index contributed by atoms with van der Waals surface area (Å²) in [6.45, 7) is 3.41. The molecule has 1 heterocycles. The van der Waals surface area contributed by atoms with E-state index in [2.05, 4.69) is 11.3 Å². The average molecular weight is 108 g/mol. The van der Waals surface area contributed by atoms with Gasteiger partial charge in [-0.1, -0.05) is 12.7 Å². The van der Waals surface area contributed by atoms with E-state index in [1.807, 2.05) is 0 Å². The van der Waals surface area contributed by atoms with Crippen molar-refractivity contribution in [1.29, 1.82) is 0 Å². The Labute approximate surface area is 46.8 Å². The van der Waals surface area contributed by atoms with Crippen molar-refractivity contribution >= 4 is 5.94 Å². The third-order valence-corrected chi connectivity index (χ3v) is 0.756. The summed E-state index contributed by atoms with van der Waals surface area (Å²) in [4.78, 5) is 9.69. The van der Waals surface area contributed by atoms with Crippen LogP contribution in [0.4, 0.5) is 0 Å². The second-order valence-corrected chi connectivity index (χ2v) is 1.30. The third-order valence-electron chi connectivity index (χ3n) is 0.756. The van der Waals surface area contributed by atoms with E-state index < -0.39 is 0 Å². The maximum absolute atomic E-state index is 9.69. The van der Waals surface area contributed by atoms with Crippen molar-refractivity contribution in [2.45, 2.75) is 0 Å². The van der Waals surface area contributed by atoms with E-state index in [0.29, 0.717) is 11.5 Å². The van der Waals surface area contributed by atoms with Crippen molar-refractivity contribution in [2.75, 3.05) is 0 Å². The van der Waals surface area contributed by atoms with Crippen molar-refractivity contribution in [1.82, 2.24) is 0 Å². The molecule has 40 valence electrons. The molecule has 1 rings (SSSR count). The fourth-order valence-electron chi connectivity index (χ4n) is 0.372. The van der Waals surface area contributed by atoms with Crippen LogP contribution in [-0.4, -0.2) is 5.94 Å². The predicted octanol–water partition coefficient (Wildman–Crippen LogP) is 0.802. The van der Waals surface area contributed by atoms with Gasteiger partial charge in [0.25, 0.3) is 5.76 Å². The molecule has 0 aromatic rings. The number of epoxide rings is 1. The van der Waals surface area contributed by atoms with Gasteiger partial charge in [0.15, 0.2) is 11.7 Å². The van der Waals surface area contributed by atoms with Gasteiger partial charge in [-0.05, 0) is 6.08 Å². The van der Waals surface area contributed by atoms with Gasteiger partial charge < -0.3 is 4.74 Å². The monoisotopic (exact) mass is 108 g/mol. The van der Waals surface area contributed by atoms with E-state index in [1.54, 1.807) is 18.1 Å². The highest BCUT2D eigenvalue weighted by molar-refractivity contribution is 5.63. The SMILES string of the molecule is C=C/C=C1\OC1=C=O. The van der Waals surface area contributed by atoms with Gasteiger partial charge >= 0.3 is 0 Å².